The van der Waals surface area contributed by atoms with E-state index in [4.69, 9.17) is 0 Å². The van der Waals surface area contributed by atoms with Crippen LogP contribution in [0.2, 0.25) is 0 Å². The molecule has 1 N–H and O–H groups in total. The summed E-state index contributed by atoms with van der Waals surface area (Å²) in [6.07, 6.45) is 3.04. The van der Waals surface area contributed by atoms with E-state index in [1.807, 2.05) is 13.8 Å². The monoisotopic (exact) mass is 227 g/mol. The Balaban J connectivity index is 2.01. The predicted molar refractivity (Wildman–Crippen MR) is 60.1 cm³/mol. The van der Waals surface area contributed by atoms with Crippen LogP contribution < -0.4 is 0 Å². The fourth-order valence-electron chi connectivity index (χ4n) is 1.49. The molecule has 0 bridgehead atoms. The maximum absolute atomic E-state index is 9.49. The van der Waals surface area contributed by atoms with E-state index in [1.54, 1.807) is 11.8 Å². The smallest absolute Gasteiger partial charge is 0.191 e. The minimum atomic E-state index is -0.236. The molecule has 0 saturated heterocycles. The van der Waals surface area contributed by atoms with Crippen LogP contribution in [0, 0.1) is 6.92 Å². The number of aliphatic hydroxyl groups is 1. The lowest BCUT2D eigenvalue weighted by Crippen LogP contribution is -2.09. The minimum absolute atomic E-state index is 0.236. The molecular weight excluding hydrogens is 210 g/mol. The van der Waals surface area contributed by atoms with Crippen LogP contribution in [-0.2, 0) is 0 Å². The van der Waals surface area contributed by atoms with E-state index in [0.717, 1.165) is 17.4 Å². The molecule has 15 heavy (non-hydrogen) atoms. The summed E-state index contributed by atoms with van der Waals surface area (Å²) in [6.45, 7) is 3.98. The molecule has 2 rings (SSSR count). The Kier molecular flexibility index (Phi) is 3.31. The number of nitrogens with zero attached hydrogens (tertiary/aromatic N) is 3. The lowest BCUT2D eigenvalue weighted by atomic mass is 10.3. The highest BCUT2D eigenvalue weighted by atomic mass is 32.2. The van der Waals surface area contributed by atoms with Crippen molar-refractivity contribution in [3.63, 3.8) is 0 Å². The van der Waals surface area contributed by atoms with Gasteiger partial charge in [-0.1, -0.05) is 18.7 Å². The summed E-state index contributed by atoms with van der Waals surface area (Å²) in [5.74, 6) is 1.70. The van der Waals surface area contributed by atoms with Gasteiger partial charge in [-0.15, -0.1) is 10.2 Å². The van der Waals surface area contributed by atoms with E-state index in [-0.39, 0.29) is 6.10 Å². The molecule has 5 heteroatoms. The quantitative estimate of drug-likeness (QED) is 0.779. The zero-order valence-electron chi connectivity index (χ0n) is 9.18. The molecule has 4 nitrogen and oxygen atoms in total. The van der Waals surface area contributed by atoms with Gasteiger partial charge in [-0.25, -0.2) is 0 Å². The number of aryl methyl sites for hydroxylation is 1. The van der Waals surface area contributed by atoms with Crippen molar-refractivity contribution in [1.82, 2.24) is 14.8 Å². The highest BCUT2D eigenvalue weighted by molar-refractivity contribution is 7.99. The van der Waals surface area contributed by atoms with E-state index >= 15 is 0 Å². The minimum Gasteiger partial charge on any atom is -0.392 e. The summed E-state index contributed by atoms with van der Waals surface area (Å²) in [5.41, 5.74) is 0. The molecule has 84 valence electrons. The third kappa shape index (κ3) is 2.52. The highest BCUT2D eigenvalue weighted by Gasteiger charge is 2.28. The van der Waals surface area contributed by atoms with Gasteiger partial charge in [0.1, 0.15) is 5.82 Å². The van der Waals surface area contributed by atoms with Gasteiger partial charge in [0.15, 0.2) is 5.16 Å². The van der Waals surface area contributed by atoms with Gasteiger partial charge < -0.3 is 9.67 Å². The lowest BCUT2D eigenvalue weighted by molar-refractivity contribution is 0.195. The van der Waals surface area contributed by atoms with Crippen molar-refractivity contribution in [2.75, 3.05) is 5.75 Å². The van der Waals surface area contributed by atoms with Crippen LogP contribution in [0.15, 0.2) is 5.16 Å². The average Bonchev–Trinajstić information content (AvgIpc) is 3.00. The van der Waals surface area contributed by atoms with Crippen LogP contribution in [0.4, 0.5) is 0 Å². The molecule has 0 radical (unpaired) electrons. The summed E-state index contributed by atoms with van der Waals surface area (Å²) in [5, 5.41) is 18.7. The molecule has 0 spiro atoms. The van der Waals surface area contributed by atoms with Gasteiger partial charge in [-0.05, 0) is 26.2 Å². The van der Waals surface area contributed by atoms with E-state index < -0.39 is 0 Å². The van der Waals surface area contributed by atoms with Gasteiger partial charge in [0.25, 0.3) is 0 Å². The first-order valence-corrected chi connectivity index (χ1v) is 6.43. The number of rotatable bonds is 5. The Hall–Kier alpha value is -0.550. The first-order valence-electron chi connectivity index (χ1n) is 5.44. The fraction of sp³-hybridized carbons (Fsp3) is 0.800. The van der Waals surface area contributed by atoms with Crippen LogP contribution in [0.3, 0.4) is 0 Å². The summed E-state index contributed by atoms with van der Waals surface area (Å²) < 4.78 is 2.20. The van der Waals surface area contributed by atoms with Crippen molar-refractivity contribution < 1.29 is 5.11 Å². The van der Waals surface area contributed by atoms with E-state index in [2.05, 4.69) is 14.8 Å². The molecule has 0 amide bonds. The number of aliphatic hydroxyl groups excluding tert-OH is 1. The topological polar surface area (TPSA) is 50.9 Å². The number of hydrogen-bond acceptors (Lipinski definition) is 4. The largest absolute Gasteiger partial charge is 0.392 e. The number of thioether (sulfide) groups is 1. The average molecular weight is 227 g/mol. The zero-order valence-corrected chi connectivity index (χ0v) is 10.00. The SMILES string of the molecule is CC[C@H](O)CSc1nnc(C)n1C1CC1. The van der Waals surface area contributed by atoms with Gasteiger partial charge in [0.05, 0.1) is 6.10 Å². The summed E-state index contributed by atoms with van der Waals surface area (Å²) >= 11 is 1.61. The van der Waals surface area contributed by atoms with Crippen LogP contribution in [0.5, 0.6) is 0 Å². The Morgan fingerprint density at radius 1 is 1.53 bits per heavy atom. The van der Waals surface area contributed by atoms with Gasteiger partial charge in [-0.3, -0.25) is 0 Å². The second-order valence-electron chi connectivity index (χ2n) is 4.00. The molecule has 1 saturated carbocycles. The van der Waals surface area contributed by atoms with Crippen LogP contribution in [0.25, 0.3) is 0 Å². The van der Waals surface area contributed by atoms with Crippen LogP contribution in [0.1, 0.15) is 38.1 Å². The zero-order chi connectivity index (χ0) is 10.8. The number of hydrogen-bond donors (Lipinski definition) is 1. The molecule has 0 aromatic carbocycles. The van der Waals surface area contributed by atoms with Gasteiger partial charge in [0.2, 0.25) is 0 Å². The predicted octanol–water partition coefficient (Wildman–Crippen LogP) is 1.78. The lowest BCUT2D eigenvalue weighted by Gasteiger charge is -2.08. The van der Waals surface area contributed by atoms with E-state index in [0.29, 0.717) is 11.8 Å². The molecule has 1 aromatic heterocycles. The molecule has 1 aromatic rings. The van der Waals surface area contributed by atoms with E-state index in [9.17, 15) is 5.11 Å². The summed E-state index contributed by atoms with van der Waals surface area (Å²) in [6, 6.07) is 0.612. The fourth-order valence-corrected chi connectivity index (χ4v) is 2.59. The maximum Gasteiger partial charge on any atom is 0.191 e. The molecular formula is C10H17N3OS. The highest BCUT2D eigenvalue weighted by Crippen LogP contribution is 2.38. The Bertz CT molecular complexity index is 335. The molecule has 0 aliphatic heterocycles. The van der Waals surface area contributed by atoms with Crippen LogP contribution in [-0.4, -0.2) is 31.7 Å². The van der Waals surface area contributed by atoms with Crippen molar-refractivity contribution >= 4 is 11.8 Å². The van der Waals surface area contributed by atoms with Crippen molar-refractivity contribution in [2.45, 2.75) is 50.4 Å². The second-order valence-corrected chi connectivity index (χ2v) is 4.99. The molecule has 1 atom stereocenters. The number of aromatic nitrogens is 3. The first kappa shape index (κ1) is 11.0. The molecule has 1 aliphatic carbocycles. The molecule has 0 unspecified atom stereocenters. The van der Waals surface area contributed by atoms with Crippen molar-refractivity contribution in [2.24, 2.45) is 0 Å². The normalized spacial score (nSPS) is 18.1. The Labute approximate surface area is 94.1 Å². The molecule has 1 heterocycles. The summed E-state index contributed by atoms with van der Waals surface area (Å²) in [4.78, 5) is 0. The van der Waals surface area contributed by atoms with Gasteiger partial charge in [-0.2, -0.15) is 0 Å². The summed E-state index contributed by atoms with van der Waals surface area (Å²) in [7, 11) is 0. The van der Waals surface area contributed by atoms with Crippen molar-refractivity contribution in [3.05, 3.63) is 5.82 Å². The Morgan fingerprint density at radius 3 is 2.87 bits per heavy atom. The standard InChI is InChI=1S/C10H17N3OS/c1-3-9(14)6-15-10-12-11-7(2)13(10)8-4-5-8/h8-9,14H,3-6H2,1-2H3/t9-/m0/s1. The Morgan fingerprint density at radius 2 is 2.27 bits per heavy atom. The third-order valence-corrected chi connectivity index (χ3v) is 3.71. The maximum atomic E-state index is 9.49. The molecule has 1 aliphatic rings. The van der Waals surface area contributed by atoms with Gasteiger partial charge in [0, 0.05) is 11.8 Å². The van der Waals surface area contributed by atoms with Crippen molar-refractivity contribution in [1.29, 1.82) is 0 Å². The van der Waals surface area contributed by atoms with Crippen LogP contribution >= 0.6 is 11.8 Å². The third-order valence-electron chi connectivity index (χ3n) is 2.62. The van der Waals surface area contributed by atoms with E-state index in [1.165, 1.54) is 12.8 Å². The van der Waals surface area contributed by atoms with Gasteiger partial charge >= 0.3 is 0 Å². The van der Waals surface area contributed by atoms with Crippen molar-refractivity contribution in [3.8, 4) is 0 Å². The molecule has 1 fully saturated rings. The second kappa shape index (κ2) is 4.53. The first-order chi connectivity index (χ1) is 7.22.